The minimum Gasteiger partial charge on any atom is -0.445 e. The molecule has 0 spiro atoms. The quantitative estimate of drug-likeness (QED) is 0.426. The van der Waals surface area contributed by atoms with E-state index in [1.54, 1.807) is 39.8 Å². The van der Waals surface area contributed by atoms with Crippen LogP contribution in [0.1, 0.15) is 33.3 Å². The molecule has 9 nitrogen and oxygen atoms in total. The highest BCUT2D eigenvalue weighted by atomic mass is 16.5. The number of amides is 4. The molecule has 9 heteroatoms. The molecule has 4 N–H and O–H groups in total. The van der Waals surface area contributed by atoms with Crippen LogP contribution < -0.4 is 21.5 Å². The minimum absolute atomic E-state index is 0.0607. The third-order valence-corrected chi connectivity index (χ3v) is 3.36. The molecule has 0 aromatic heterocycles. The second kappa shape index (κ2) is 10.8. The Hall–Kier alpha value is -3.10. The molecule has 0 saturated carbocycles. The van der Waals surface area contributed by atoms with Gasteiger partial charge in [0.25, 0.3) is 5.91 Å². The zero-order chi connectivity index (χ0) is 20.4. The lowest BCUT2D eigenvalue weighted by Gasteiger charge is -2.21. The van der Waals surface area contributed by atoms with Gasteiger partial charge in [0.2, 0.25) is 0 Å². The predicted molar refractivity (Wildman–Crippen MR) is 98.0 cm³/mol. The van der Waals surface area contributed by atoms with Gasteiger partial charge in [-0.3, -0.25) is 25.2 Å². The Bertz CT molecular complexity index is 661. The van der Waals surface area contributed by atoms with E-state index in [1.165, 1.54) is 0 Å². The molecule has 148 valence electrons. The van der Waals surface area contributed by atoms with Crippen LogP contribution >= 0.6 is 0 Å². The Morgan fingerprint density at radius 1 is 0.889 bits per heavy atom. The summed E-state index contributed by atoms with van der Waals surface area (Å²) in [5.41, 5.74) is 4.95. The molecule has 0 bridgehead atoms. The number of carbonyl (C=O) groups is 4. The fourth-order valence-electron chi connectivity index (χ4n) is 2.01. The number of rotatable bonds is 6. The van der Waals surface area contributed by atoms with Crippen LogP contribution in [0.3, 0.4) is 0 Å². The Morgan fingerprint density at radius 3 is 2.07 bits per heavy atom. The highest BCUT2D eigenvalue weighted by Crippen LogP contribution is 2.04. The summed E-state index contributed by atoms with van der Waals surface area (Å²) in [6.07, 6.45) is -0.767. The summed E-state index contributed by atoms with van der Waals surface area (Å²) in [6.45, 7) is 6.89. The molecular weight excluding hydrogens is 352 g/mol. The normalized spacial score (nSPS) is 11.5. The van der Waals surface area contributed by atoms with Gasteiger partial charge in [0.15, 0.2) is 0 Å². The topological polar surface area (TPSA) is 126 Å². The van der Waals surface area contributed by atoms with Gasteiger partial charge in [-0.15, -0.1) is 0 Å². The van der Waals surface area contributed by atoms with Crippen molar-refractivity contribution >= 4 is 23.8 Å². The first-order chi connectivity index (χ1) is 12.7. The van der Waals surface area contributed by atoms with E-state index in [1.807, 2.05) is 23.6 Å². The maximum atomic E-state index is 12.2. The summed E-state index contributed by atoms with van der Waals surface area (Å²) in [4.78, 5) is 47.3. The number of nitrogens with one attached hydrogen (secondary N) is 4. The molecule has 4 amide bonds. The minimum atomic E-state index is -1.01. The summed E-state index contributed by atoms with van der Waals surface area (Å²) in [7, 11) is 0. The molecule has 27 heavy (non-hydrogen) atoms. The number of alkyl carbamates (subject to hydrolysis) is 1. The number of ether oxygens (including phenoxy) is 1. The highest BCUT2D eigenvalue weighted by Gasteiger charge is 2.26. The summed E-state index contributed by atoms with van der Waals surface area (Å²) >= 11 is 0. The number of benzene rings is 1. The molecule has 0 heterocycles. The zero-order valence-corrected chi connectivity index (χ0v) is 15.9. The average molecular weight is 378 g/mol. The highest BCUT2D eigenvalue weighted by molar-refractivity contribution is 6.35. The maximum absolute atomic E-state index is 12.2. The number of hydrazine groups is 1. The monoisotopic (exact) mass is 378 g/mol. The smallest absolute Gasteiger partial charge is 0.408 e. The van der Waals surface area contributed by atoms with E-state index in [0.29, 0.717) is 0 Å². The summed E-state index contributed by atoms with van der Waals surface area (Å²) in [5.74, 6) is -2.84. The third kappa shape index (κ3) is 8.21. The van der Waals surface area contributed by atoms with Gasteiger partial charge in [-0.25, -0.2) is 4.79 Å². The van der Waals surface area contributed by atoms with E-state index in [9.17, 15) is 19.2 Å². The van der Waals surface area contributed by atoms with Gasteiger partial charge in [0.1, 0.15) is 12.6 Å². The molecule has 0 fully saturated rings. The Kier molecular flexibility index (Phi) is 8.77. The van der Waals surface area contributed by atoms with Crippen molar-refractivity contribution in [3.8, 4) is 0 Å². The lowest BCUT2D eigenvalue weighted by atomic mass is 10.0. The second-order valence-electron chi connectivity index (χ2n) is 6.50. The third-order valence-electron chi connectivity index (χ3n) is 3.36. The molecule has 1 atom stereocenters. The van der Waals surface area contributed by atoms with Crippen LogP contribution in [0, 0.1) is 5.92 Å². The number of hydrogen-bond donors (Lipinski definition) is 4. The molecule has 0 aliphatic heterocycles. The Labute approximate surface area is 158 Å². The van der Waals surface area contributed by atoms with Crippen LogP contribution in [0.25, 0.3) is 0 Å². The van der Waals surface area contributed by atoms with Gasteiger partial charge in [-0.1, -0.05) is 44.2 Å². The second-order valence-corrected chi connectivity index (χ2v) is 6.50. The van der Waals surface area contributed by atoms with Crippen molar-refractivity contribution in [1.29, 1.82) is 0 Å². The molecule has 0 saturated heterocycles. The van der Waals surface area contributed by atoms with Crippen LogP contribution in [0.15, 0.2) is 30.3 Å². The number of hydrogen-bond acceptors (Lipinski definition) is 5. The Morgan fingerprint density at radius 2 is 1.52 bits per heavy atom. The summed E-state index contributed by atoms with van der Waals surface area (Å²) in [5, 5.41) is 4.84. The zero-order valence-electron chi connectivity index (χ0n) is 15.9. The fourth-order valence-corrected chi connectivity index (χ4v) is 2.01. The van der Waals surface area contributed by atoms with Crippen LogP contribution in [0.5, 0.6) is 0 Å². The van der Waals surface area contributed by atoms with Crippen molar-refractivity contribution in [3.63, 3.8) is 0 Å². The van der Waals surface area contributed by atoms with Gasteiger partial charge < -0.3 is 15.4 Å². The number of carbonyl (C=O) groups excluding carboxylic acids is 4. The van der Waals surface area contributed by atoms with E-state index < -0.39 is 29.9 Å². The van der Waals surface area contributed by atoms with Gasteiger partial charge >= 0.3 is 17.9 Å². The first-order valence-corrected chi connectivity index (χ1v) is 8.58. The molecular formula is C18H26N4O5. The van der Waals surface area contributed by atoms with Crippen LogP contribution in [-0.4, -0.2) is 35.9 Å². The molecule has 1 rings (SSSR count). The van der Waals surface area contributed by atoms with Crippen molar-refractivity contribution in [2.45, 2.75) is 46.4 Å². The predicted octanol–water partition coefficient (Wildman–Crippen LogP) is 0.609. The van der Waals surface area contributed by atoms with Crippen molar-refractivity contribution < 1.29 is 23.9 Å². The van der Waals surface area contributed by atoms with Gasteiger partial charge in [0, 0.05) is 6.04 Å². The lowest BCUT2D eigenvalue weighted by molar-refractivity contribution is -0.141. The Balaban J connectivity index is 2.51. The van der Waals surface area contributed by atoms with E-state index in [0.717, 1.165) is 5.56 Å². The van der Waals surface area contributed by atoms with Gasteiger partial charge in [0.05, 0.1) is 0 Å². The molecule has 1 aromatic carbocycles. The van der Waals surface area contributed by atoms with Crippen molar-refractivity contribution in [1.82, 2.24) is 21.5 Å². The molecule has 0 aliphatic carbocycles. The fraction of sp³-hybridized carbons (Fsp3) is 0.444. The summed E-state index contributed by atoms with van der Waals surface area (Å²) in [6, 6.07) is 7.91. The van der Waals surface area contributed by atoms with Gasteiger partial charge in [-0.05, 0) is 25.3 Å². The van der Waals surface area contributed by atoms with Crippen LogP contribution in [0.2, 0.25) is 0 Å². The molecule has 1 aromatic rings. The van der Waals surface area contributed by atoms with E-state index in [4.69, 9.17) is 4.74 Å². The molecule has 0 radical (unpaired) electrons. The van der Waals surface area contributed by atoms with Gasteiger partial charge in [-0.2, -0.15) is 0 Å². The van der Waals surface area contributed by atoms with Crippen LogP contribution in [0.4, 0.5) is 4.79 Å². The standard InChI is InChI=1S/C18H26N4O5/c1-11(2)14(15(23)21-22-17(25)16(24)19-12(3)4)20-18(26)27-10-13-8-6-5-7-9-13/h5-9,11-12,14H,10H2,1-4H3,(H,19,24)(H,20,26)(H,21,23)(H,22,25)/t14-/m0/s1. The average Bonchev–Trinajstić information content (AvgIpc) is 2.62. The van der Waals surface area contributed by atoms with E-state index in [2.05, 4.69) is 16.1 Å². The molecule has 0 aliphatic rings. The van der Waals surface area contributed by atoms with Crippen molar-refractivity contribution in [2.24, 2.45) is 5.92 Å². The largest absolute Gasteiger partial charge is 0.445 e. The first kappa shape index (κ1) is 21.9. The van der Waals surface area contributed by atoms with Crippen molar-refractivity contribution in [2.75, 3.05) is 0 Å². The lowest BCUT2D eigenvalue weighted by Crippen LogP contribution is -2.56. The molecule has 0 unspecified atom stereocenters. The SMILES string of the molecule is CC(C)NC(=O)C(=O)NNC(=O)[C@@H](NC(=O)OCc1ccccc1)C(C)C. The van der Waals surface area contributed by atoms with E-state index in [-0.39, 0.29) is 18.6 Å². The van der Waals surface area contributed by atoms with Crippen LogP contribution in [-0.2, 0) is 25.7 Å². The summed E-state index contributed by atoms with van der Waals surface area (Å²) < 4.78 is 5.08. The maximum Gasteiger partial charge on any atom is 0.408 e. The van der Waals surface area contributed by atoms with E-state index >= 15 is 0 Å². The van der Waals surface area contributed by atoms with Crippen molar-refractivity contribution in [3.05, 3.63) is 35.9 Å². The first-order valence-electron chi connectivity index (χ1n) is 8.58.